The van der Waals surface area contributed by atoms with Crippen LogP contribution in [0.25, 0.3) is 0 Å². The Balaban J connectivity index is 2.29. The zero-order valence-corrected chi connectivity index (χ0v) is 11.9. The van der Waals surface area contributed by atoms with E-state index < -0.39 is 0 Å². The molecule has 3 heteroatoms. The third kappa shape index (κ3) is 4.60. The van der Waals surface area contributed by atoms with Crippen LogP contribution in [0.1, 0.15) is 49.7 Å². The highest BCUT2D eigenvalue weighted by molar-refractivity contribution is 7.12. The fourth-order valence-electron chi connectivity index (χ4n) is 1.95. The Hall–Kier alpha value is -0.670. The van der Waals surface area contributed by atoms with Crippen LogP contribution in [0.4, 0.5) is 0 Å². The summed E-state index contributed by atoms with van der Waals surface area (Å²) in [6.45, 7) is 8.76. The van der Waals surface area contributed by atoms with Crippen LogP contribution < -0.4 is 0 Å². The minimum atomic E-state index is 0.292. The minimum Gasteiger partial charge on any atom is -0.301 e. The highest BCUT2D eigenvalue weighted by Gasteiger charge is 2.11. The van der Waals surface area contributed by atoms with Gasteiger partial charge < -0.3 is 4.90 Å². The molecule has 1 unspecified atom stereocenters. The van der Waals surface area contributed by atoms with E-state index >= 15 is 0 Å². The molecule has 0 spiro atoms. The maximum Gasteiger partial charge on any atom is 0.172 e. The maximum atomic E-state index is 11.8. The molecule has 0 aromatic carbocycles. The van der Waals surface area contributed by atoms with E-state index in [1.54, 1.807) is 11.3 Å². The van der Waals surface area contributed by atoms with Gasteiger partial charge in [0.25, 0.3) is 0 Å². The molecular formula is C14H23NOS. The number of thiophene rings is 1. The summed E-state index contributed by atoms with van der Waals surface area (Å²) >= 11 is 1.54. The summed E-state index contributed by atoms with van der Waals surface area (Å²) in [6.07, 6.45) is 2.81. The first kappa shape index (κ1) is 14.4. The van der Waals surface area contributed by atoms with Crippen molar-refractivity contribution < 1.29 is 4.79 Å². The van der Waals surface area contributed by atoms with Crippen LogP contribution in [0, 0.1) is 0 Å². The summed E-state index contributed by atoms with van der Waals surface area (Å²) in [5.74, 6) is 0.292. The second kappa shape index (κ2) is 7.62. The van der Waals surface area contributed by atoms with Gasteiger partial charge in [0.05, 0.1) is 4.88 Å². The normalized spacial score (nSPS) is 12.9. The Morgan fingerprint density at radius 3 is 2.76 bits per heavy atom. The van der Waals surface area contributed by atoms with Gasteiger partial charge in [-0.05, 0) is 44.3 Å². The van der Waals surface area contributed by atoms with Crippen molar-refractivity contribution in [1.29, 1.82) is 0 Å². The van der Waals surface area contributed by atoms with Crippen LogP contribution in [0.2, 0.25) is 0 Å². The van der Waals surface area contributed by atoms with Crippen molar-refractivity contribution in [1.82, 2.24) is 4.90 Å². The smallest absolute Gasteiger partial charge is 0.172 e. The maximum absolute atomic E-state index is 11.8. The Morgan fingerprint density at radius 2 is 2.24 bits per heavy atom. The summed E-state index contributed by atoms with van der Waals surface area (Å²) in [5.41, 5.74) is 0. The molecule has 0 aliphatic heterocycles. The Morgan fingerprint density at radius 1 is 1.47 bits per heavy atom. The molecule has 2 nitrogen and oxygen atoms in total. The summed E-state index contributed by atoms with van der Waals surface area (Å²) in [6, 6.07) is 4.48. The minimum absolute atomic E-state index is 0.292. The van der Waals surface area contributed by atoms with E-state index in [1.165, 1.54) is 6.42 Å². The van der Waals surface area contributed by atoms with Crippen molar-refractivity contribution in [3.63, 3.8) is 0 Å². The molecule has 0 aliphatic rings. The number of Topliss-reactive ketones (excluding diaryl/α,β-unsaturated/α-hetero) is 1. The SMILES string of the molecule is CCC(C)N(CC)CCCC(=O)c1cccs1. The van der Waals surface area contributed by atoms with Crippen LogP contribution in [-0.4, -0.2) is 29.8 Å². The van der Waals surface area contributed by atoms with Crippen LogP contribution in [0.15, 0.2) is 17.5 Å². The lowest BCUT2D eigenvalue weighted by molar-refractivity contribution is 0.0975. The van der Waals surface area contributed by atoms with Gasteiger partial charge in [0.2, 0.25) is 0 Å². The quantitative estimate of drug-likeness (QED) is 0.656. The highest BCUT2D eigenvalue weighted by atomic mass is 32.1. The molecule has 1 heterocycles. The van der Waals surface area contributed by atoms with Crippen molar-refractivity contribution in [2.75, 3.05) is 13.1 Å². The number of ketones is 1. The molecule has 0 fully saturated rings. The predicted octanol–water partition coefficient (Wildman–Crippen LogP) is 3.83. The van der Waals surface area contributed by atoms with Gasteiger partial charge in [0.1, 0.15) is 0 Å². The van der Waals surface area contributed by atoms with Crippen LogP contribution in [-0.2, 0) is 0 Å². The number of hydrogen-bond acceptors (Lipinski definition) is 3. The summed E-state index contributed by atoms with van der Waals surface area (Å²) in [7, 11) is 0. The summed E-state index contributed by atoms with van der Waals surface area (Å²) in [4.78, 5) is 15.2. The first-order chi connectivity index (χ1) is 8.19. The van der Waals surface area contributed by atoms with Crippen molar-refractivity contribution in [2.24, 2.45) is 0 Å². The first-order valence-corrected chi connectivity index (χ1v) is 7.37. The second-order valence-corrected chi connectivity index (χ2v) is 5.34. The van der Waals surface area contributed by atoms with Crippen molar-refractivity contribution >= 4 is 17.1 Å². The van der Waals surface area contributed by atoms with Gasteiger partial charge >= 0.3 is 0 Å². The Labute approximate surface area is 109 Å². The molecule has 17 heavy (non-hydrogen) atoms. The zero-order chi connectivity index (χ0) is 12.7. The second-order valence-electron chi connectivity index (χ2n) is 4.39. The average molecular weight is 253 g/mol. The lowest BCUT2D eigenvalue weighted by Gasteiger charge is -2.26. The van der Waals surface area contributed by atoms with E-state index in [0.29, 0.717) is 18.2 Å². The van der Waals surface area contributed by atoms with Gasteiger partial charge in [0, 0.05) is 12.5 Å². The summed E-state index contributed by atoms with van der Waals surface area (Å²) in [5, 5.41) is 1.96. The fourth-order valence-corrected chi connectivity index (χ4v) is 2.65. The Bertz CT molecular complexity index is 321. The number of carbonyl (C=O) groups is 1. The molecule has 0 bridgehead atoms. The molecule has 0 amide bonds. The predicted molar refractivity (Wildman–Crippen MR) is 74.9 cm³/mol. The van der Waals surface area contributed by atoms with Gasteiger partial charge in [-0.1, -0.05) is 19.9 Å². The van der Waals surface area contributed by atoms with Crippen molar-refractivity contribution in [2.45, 2.75) is 46.1 Å². The number of nitrogens with zero attached hydrogens (tertiary/aromatic N) is 1. The van der Waals surface area contributed by atoms with Crippen molar-refractivity contribution in [3.8, 4) is 0 Å². The van der Waals surface area contributed by atoms with E-state index in [2.05, 4.69) is 25.7 Å². The van der Waals surface area contributed by atoms with Crippen LogP contribution in [0.5, 0.6) is 0 Å². The molecule has 0 aliphatic carbocycles. The van der Waals surface area contributed by atoms with Gasteiger partial charge in [-0.15, -0.1) is 11.3 Å². The lowest BCUT2D eigenvalue weighted by Crippen LogP contribution is -2.33. The summed E-state index contributed by atoms with van der Waals surface area (Å²) < 4.78 is 0. The van der Waals surface area contributed by atoms with E-state index in [4.69, 9.17) is 0 Å². The third-order valence-electron chi connectivity index (χ3n) is 3.27. The topological polar surface area (TPSA) is 20.3 Å². The highest BCUT2D eigenvalue weighted by Crippen LogP contribution is 2.13. The number of rotatable bonds is 8. The van der Waals surface area contributed by atoms with Crippen molar-refractivity contribution in [3.05, 3.63) is 22.4 Å². The van der Waals surface area contributed by atoms with E-state index in [-0.39, 0.29) is 0 Å². The third-order valence-corrected chi connectivity index (χ3v) is 4.18. The van der Waals surface area contributed by atoms with Gasteiger partial charge in [-0.25, -0.2) is 0 Å². The Kier molecular flexibility index (Phi) is 6.45. The molecule has 0 radical (unpaired) electrons. The van der Waals surface area contributed by atoms with Gasteiger partial charge in [-0.2, -0.15) is 0 Å². The molecule has 0 saturated heterocycles. The molecule has 1 aromatic heterocycles. The van der Waals surface area contributed by atoms with Gasteiger partial charge in [0.15, 0.2) is 5.78 Å². The molecular weight excluding hydrogens is 230 g/mol. The van der Waals surface area contributed by atoms with E-state index in [9.17, 15) is 4.79 Å². The van der Waals surface area contributed by atoms with Crippen LogP contribution in [0.3, 0.4) is 0 Å². The zero-order valence-electron chi connectivity index (χ0n) is 11.1. The van der Waals surface area contributed by atoms with Gasteiger partial charge in [-0.3, -0.25) is 4.79 Å². The molecule has 0 saturated carbocycles. The number of carbonyl (C=O) groups excluding carboxylic acids is 1. The van der Waals surface area contributed by atoms with E-state index in [1.807, 2.05) is 17.5 Å². The lowest BCUT2D eigenvalue weighted by atomic mass is 10.1. The number of hydrogen-bond donors (Lipinski definition) is 0. The average Bonchev–Trinajstić information content (AvgIpc) is 2.87. The molecule has 96 valence electrons. The first-order valence-electron chi connectivity index (χ1n) is 6.49. The monoisotopic (exact) mass is 253 g/mol. The molecule has 1 atom stereocenters. The molecule has 0 N–H and O–H groups in total. The van der Waals surface area contributed by atoms with E-state index in [0.717, 1.165) is 24.4 Å². The van der Waals surface area contributed by atoms with Crippen LogP contribution >= 0.6 is 11.3 Å². The molecule has 1 aromatic rings. The fraction of sp³-hybridized carbons (Fsp3) is 0.643. The molecule has 1 rings (SSSR count). The standard InChI is InChI=1S/C14H23NOS/c1-4-12(3)15(5-2)10-6-8-13(16)14-9-7-11-17-14/h7,9,11-12H,4-6,8,10H2,1-3H3. The largest absolute Gasteiger partial charge is 0.301 e.